The molecule has 3 aromatic carbocycles. The van der Waals surface area contributed by atoms with E-state index in [4.69, 9.17) is 4.98 Å². The Labute approximate surface area is 199 Å². The molecule has 34 heavy (non-hydrogen) atoms. The van der Waals surface area contributed by atoms with Gasteiger partial charge in [-0.15, -0.1) is 0 Å². The zero-order chi connectivity index (χ0) is 24.2. The summed E-state index contributed by atoms with van der Waals surface area (Å²) >= 11 is 0. The number of hydrogen-bond donors (Lipinski definition) is 1. The Hall–Kier alpha value is -3.93. The summed E-state index contributed by atoms with van der Waals surface area (Å²) in [6.45, 7) is 8.38. The third-order valence-electron chi connectivity index (χ3n) is 6.19. The van der Waals surface area contributed by atoms with E-state index in [1.54, 1.807) is 15.5 Å². The number of nitrogens with one attached hydrogen (secondary N) is 1. The second kappa shape index (κ2) is 9.91. The van der Waals surface area contributed by atoms with Gasteiger partial charge in [0.2, 0.25) is 0 Å². The largest absolute Gasteiger partial charge is 0.322 e. The number of aryl methyl sites for hydroxylation is 2. The minimum Gasteiger partial charge on any atom is -0.315 e. The molecule has 1 aromatic heterocycles. The average Bonchev–Trinajstić information content (AvgIpc) is 2.85. The number of fused-ring (bicyclic) bond motifs is 1. The van der Waals surface area contributed by atoms with Crippen LogP contribution in [0.15, 0.2) is 77.6 Å². The summed E-state index contributed by atoms with van der Waals surface area (Å²) in [5, 5.41) is 3.65. The van der Waals surface area contributed by atoms with E-state index in [-0.39, 0.29) is 11.6 Å². The van der Waals surface area contributed by atoms with Gasteiger partial charge in [-0.3, -0.25) is 9.36 Å². The van der Waals surface area contributed by atoms with Crippen molar-refractivity contribution in [1.82, 2.24) is 14.5 Å². The van der Waals surface area contributed by atoms with Crippen LogP contribution < -0.4 is 10.9 Å². The van der Waals surface area contributed by atoms with Crippen LogP contribution in [0.3, 0.4) is 0 Å². The third-order valence-corrected chi connectivity index (χ3v) is 6.19. The molecule has 1 unspecified atom stereocenters. The van der Waals surface area contributed by atoms with E-state index in [0.29, 0.717) is 29.7 Å². The summed E-state index contributed by atoms with van der Waals surface area (Å²) in [6.07, 6.45) is 0.603. The Kier molecular flexibility index (Phi) is 6.77. The Morgan fingerprint density at radius 3 is 2.24 bits per heavy atom. The van der Waals surface area contributed by atoms with Gasteiger partial charge in [-0.25, -0.2) is 9.78 Å². The first kappa shape index (κ1) is 23.2. The summed E-state index contributed by atoms with van der Waals surface area (Å²) in [4.78, 5) is 33.8. The van der Waals surface area contributed by atoms with Gasteiger partial charge in [0.05, 0.1) is 22.6 Å². The van der Waals surface area contributed by atoms with Crippen molar-refractivity contribution in [3.8, 4) is 5.69 Å². The van der Waals surface area contributed by atoms with Crippen molar-refractivity contribution in [1.29, 1.82) is 0 Å². The molecule has 0 aliphatic heterocycles. The normalized spacial score (nSPS) is 11.9. The number of para-hydroxylation sites is 3. The number of benzene rings is 3. The zero-order valence-corrected chi connectivity index (χ0v) is 20.1. The van der Waals surface area contributed by atoms with Crippen LogP contribution in [0, 0.1) is 13.8 Å². The van der Waals surface area contributed by atoms with Gasteiger partial charge in [-0.1, -0.05) is 55.5 Å². The molecule has 2 amide bonds. The zero-order valence-electron chi connectivity index (χ0n) is 20.1. The molecule has 0 radical (unpaired) electrons. The molecule has 0 spiro atoms. The summed E-state index contributed by atoms with van der Waals surface area (Å²) in [5.41, 5.74) is 4.03. The van der Waals surface area contributed by atoms with Crippen molar-refractivity contribution in [2.45, 2.75) is 40.2 Å². The van der Waals surface area contributed by atoms with Crippen molar-refractivity contribution in [3.63, 3.8) is 0 Å². The number of carbonyl (C=O) groups excluding carboxylic acids is 1. The minimum atomic E-state index is -0.396. The summed E-state index contributed by atoms with van der Waals surface area (Å²) in [6, 6.07) is 22.2. The molecule has 0 bridgehead atoms. The molecular weight excluding hydrogens is 424 g/mol. The van der Waals surface area contributed by atoms with Crippen LogP contribution in [0.2, 0.25) is 0 Å². The van der Waals surface area contributed by atoms with Crippen LogP contribution in [-0.2, 0) is 0 Å². The highest BCUT2D eigenvalue weighted by Gasteiger charge is 2.28. The van der Waals surface area contributed by atoms with Crippen molar-refractivity contribution in [2.75, 3.05) is 11.9 Å². The van der Waals surface area contributed by atoms with Gasteiger partial charge in [0.15, 0.2) is 0 Å². The lowest BCUT2D eigenvalue weighted by Crippen LogP contribution is -2.41. The van der Waals surface area contributed by atoms with E-state index in [2.05, 4.69) is 5.32 Å². The number of urea groups is 1. The van der Waals surface area contributed by atoms with Gasteiger partial charge >= 0.3 is 6.03 Å². The monoisotopic (exact) mass is 454 g/mol. The number of amides is 2. The molecule has 1 N–H and O–H groups in total. The highest BCUT2D eigenvalue weighted by molar-refractivity contribution is 5.91. The van der Waals surface area contributed by atoms with Gasteiger partial charge in [0.1, 0.15) is 5.82 Å². The standard InChI is InChI=1S/C28H30N4O2/c1-5-24(31(6-2)28(34)30-25-19(3)13-12-14-20(25)4)26-29-23-18-11-10-17-22(23)27(33)32(26)21-15-8-7-9-16-21/h7-18,24H,5-6H2,1-4H3,(H,30,34). The van der Waals surface area contributed by atoms with E-state index >= 15 is 0 Å². The van der Waals surface area contributed by atoms with E-state index in [1.807, 2.05) is 94.4 Å². The predicted molar refractivity (Wildman–Crippen MR) is 138 cm³/mol. The molecule has 0 saturated heterocycles. The van der Waals surface area contributed by atoms with Crippen LogP contribution in [0.4, 0.5) is 10.5 Å². The van der Waals surface area contributed by atoms with Gasteiger partial charge < -0.3 is 10.2 Å². The molecule has 6 nitrogen and oxygen atoms in total. The van der Waals surface area contributed by atoms with Crippen molar-refractivity contribution >= 4 is 22.6 Å². The first-order valence-electron chi connectivity index (χ1n) is 11.7. The lowest BCUT2D eigenvalue weighted by atomic mass is 10.1. The second-order valence-electron chi connectivity index (χ2n) is 8.37. The summed E-state index contributed by atoms with van der Waals surface area (Å²) in [7, 11) is 0. The van der Waals surface area contributed by atoms with E-state index in [1.165, 1.54) is 0 Å². The Balaban J connectivity index is 1.85. The molecule has 0 aliphatic rings. The van der Waals surface area contributed by atoms with Gasteiger partial charge in [-0.05, 0) is 62.6 Å². The topological polar surface area (TPSA) is 67.2 Å². The number of aromatic nitrogens is 2. The summed E-state index contributed by atoms with van der Waals surface area (Å²) < 4.78 is 1.64. The molecule has 0 saturated carbocycles. The molecule has 1 heterocycles. The SMILES string of the molecule is CCC(c1nc2ccccc2c(=O)n1-c1ccccc1)N(CC)C(=O)Nc1c(C)cccc1C. The number of anilines is 1. The minimum absolute atomic E-state index is 0.142. The molecule has 174 valence electrons. The van der Waals surface area contributed by atoms with Crippen LogP contribution in [-0.4, -0.2) is 27.0 Å². The Morgan fingerprint density at radius 2 is 1.59 bits per heavy atom. The van der Waals surface area contributed by atoms with Gasteiger partial charge in [0, 0.05) is 12.2 Å². The first-order chi connectivity index (χ1) is 16.5. The van der Waals surface area contributed by atoms with E-state index < -0.39 is 6.04 Å². The van der Waals surface area contributed by atoms with Crippen LogP contribution in [0.1, 0.15) is 43.3 Å². The molecule has 6 heteroatoms. The van der Waals surface area contributed by atoms with Gasteiger partial charge in [0.25, 0.3) is 5.56 Å². The van der Waals surface area contributed by atoms with Crippen molar-refractivity contribution in [3.05, 3.63) is 100 Å². The number of hydrogen-bond acceptors (Lipinski definition) is 3. The highest BCUT2D eigenvalue weighted by Crippen LogP contribution is 2.27. The lowest BCUT2D eigenvalue weighted by Gasteiger charge is -2.32. The maximum atomic E-state index is 13.6. The van der Waals surface area contributed by atoms with Crippen LogP contribution in [0.25, 0.3) is 16.6 Å². The van der Waals surface area contributed by atoms with Crippen LogP contribution >= 0.6 is 0 Å². The quantitative estimate of drug-likeness (QED) is 0.388. The third kappa shape index (κ3) is 4.31. The number of nitrogens with zero attached hydrogens (tertiary/aromatic N) is 3. The van der Waals surface area contributed by atoms with Crippen LogP contribution in [0.5, 0.6) is 0 Å². The molecule has 0 aliphatic carbocycles. The summed E-state index contributed by atoms with van der Waals surface area (Å²) in [5.74, 6) is 0.552. The first-order valence-corrected chi connectivity index (χ1v) is 11.7. The predicted octanol–water partition coefficient (Wildman–Crippen LogP) is 6.01. The smallest absolute Gasteiger partial charge is 0.315 e. The van der Waals surface area contributed by atoms with Crippen molar-refractivity contribution in [2.24, 2.45) is 0 Å². The molecule has 4 rings (SSSR count). The lowest BCUT2D eigenvalue weighted by molar-refractivity contribution is 0.185. The van der Waals surface area contributed by atoms with E-state index in [0.717, 1.165) is 22.5 Å². The fourth-order valence-electron chi connectivity index (χ4n) is 4.44. The fraction of sp³-hybridized carbons (Fsp3) is 0.250. The molecule has 0 fully saturated rings. The average molecular weight is 455 g/mol. The van der Waals surface area contributed by atoms with E-state index in [9.17, 15) is 9.59 Å². The fourth-order valence-corrected chi connectivity index (χ4v) is 4.44. The number of rotatable bonds is 6. The maximum absolute atomic E-state index is 13.6. The van der Waals surface area contributed by atoms with Crippen molar-refractivity contribution < 1.29 is 4.79 Å². The molecule has 1 atom stereocenters. The number of carbonyl (C=O) groups is 1. The Morgan fingerprint density at radius 1 is 0.941 bits per heavy atom. The second-order valence-corrected chi connectivity index (χ2v) is 8.37. The van der Waals surface area contributed by atoms with Gasteiger partial charge in [-0.2, -0.15) is 0 Å². The highest BCUT2D eigenvalue weighted by atomic mass is 16.2. The maximum Gasteiger partial charge on any atom is 0.322 e. The Bertz CT molecular complexity index is 1360. The molecular formula is C28H30N4O2. The molecule has 4 aromatic rings.